The van der Waals surface area contributed by atoms with Gasteiger partial charge in [0.2, 0.25) is 0 Å². The van der Waals surface area contributed by atoms with Gasteiger partial charge in [-0.05, 0) is 44.2 Å². The molecule has 0 bridgehead atoms. The lowest BCUT2D eigenvalue weighted by molar-refractivity contribution is -0.00822. The maximum atomic E-state index is 11.3. The summed E-state index contributed by atoms with van der Waals surface area (Å²) in [6, 6.07) is 10.5. The number of rotatable bonds is 7. The molecular formula is C20H26ClN3O2. The fourth-order valence-corrected chi connectivity index (χ4v) is 4.12. The topological polar surface area (TPSA) is 67.3 Å². The van der Waals surface area contributed by atoms with Crippen molar-refractivity contribution < 1.29 is 9.84 Å². The number of halogens is 1. The molecule has 26 heavy (non-hydrogen) atoms. The quantitative estimate of drug-likeness (QED) is 0.724. The van der Waals surface area contributed by atoms with Crippen LogP contribution in [0, 0.1) is 5.41 Å². The van der Waals surface area contributed by atoms with Crippen LogP contribution in [0.5, 0.6) is 5.75 Å². The highest BCUT2D eigenvalue weighted by Gasteiger charge is 2.41. The molecule has 1 saturated heterocycles. The second-order valence-electron chi connectivity index (χ2n) is 6.97. The summed E-state index contributed by atoms with van der Waals surface area (Å²) in [7, 11) is 1.53. The molecule has 0 spiro atoms. The number of ether oxygens (including phenoxy) is 1. The highest BCUT2D eigenvalue weighted by Crippen LogP contribution is 2.46. The second-order valence-corrected chi connectivity index (χ2v) is 7.33. The van der Waals surface area contributed by atoms with Crippen LogP contribution in [-0.2, 0) is 6.42 Å². The largest absolute Gasteiger partial charge is 0.492 e. The molecule has 5 nitrogen and oxygen atoms in total. The van der Waals surface area contributed by atoms with E-state index in [1.807, 2.05) is 6.07 Å². The average Bonchev–Trinajstić information content (AvgIpc) is 2.69. The van der Waals surface area contributed by atoms with E-state index in [0.717, 1.165) is 45.2 Å². The molecule has 1 aromatic carbocycles. The molecule has 0 radical (unpaired) electrons. The molecule has 0 saturated carbocycles. The first-order chi connectivity index (χ1) is 12.7. The first-order valence-corrected chi connectivity index (χ1v) is 9.51. The van der Waals surface area contributed by atoms with Gasteiger partial charge in [-0.2, -0.15) is 0 Å². The molecule has 1 fully saturated rings. The van der Waals surface area contributed by atoms with E-state index in [0.29, 0.717) is 11.4 Å². The summed E-state index contributed by atoms with van der Waals surface area (Å²) >= 11 is 6.14. The molecule has 0 amide bonds. The first kappa shape index (κ1) is 19.1. The Morgan fingerprint density at radius 3 is 2.81 bits per heavy atom. The number of aromatic nitrogens is 2. The number of nitrogens with one attached hydrogen (secondary N) is 1. The Balaban J connectivity index is 1.79. The van der Waals surface area contributed by atoms with Crippen LogP contribution in [0.25, 0.3) is 0 Å². The maximum Gasteiger partial charge on any atom is 0.180 e. The molecule has 1 aliphatic heterocycles. The highest BCUT2D eigenvalue weighted by atomic mass is 35.5. The Hall–Kier alpha value is -1.69. The molecular weight excluding hydrogens is 350 g/mol. The summed E-state index contributed by atoms with van der Waals surface area (Å²) in [6.07, 6.45) is 5.52. The van der Waals surface area contributed by atoms with Gasteiger partial charge in [0.25, 0.3) is 0 Å². The van der Waals surface area contributed by atoms with Crippen molar-refractivity contribution in [1.82, 2.24) is 15.3 Å². The van der Waals surface area contributed by atoms with Crippen molar-refractivity contribution in [2.45, 2.75) is 38.2 Å². The van der Waals surface area contributed by atoms with Gasteiger partial charge in [0.15, 0.2) is 10.9 Å². The fourth-order valence-electron chi connectivity index (χ4n) is 3.90. The number of piperidine rings is 1. The number of nitrogens with zero attached hydrogens (tertiary/aromatic N) is 2. The van der Waals surface area contributed by atoms with Gasteiger partial charge in [0.1, 0.15) is 18.1 Å². The molecule has 2 atom stereocenters. The lowest BCUT2D eigenvalue weighted by Crippen LogP contribution is -2.44. The third kappa shape index (κ3) is 4.17. The molecule has 2 heterocycles. The lowest BCUT2D eigenvalue weighted by Gasteiger charge is -2.41. The predicted molar refractivity (Wildman–Crippen MR) is 102 cm³/mol. The zero-order valence-electron chi connectivity index (χ0n) is 15.1. The lowest BCUT2D eigenvalue weighted by atomic mass is 9.71. The minimum Gasteiger partial charge on any atom is -0.492 e. The molecule has 140 valence electrons. The van der Waals surface area contributed by atoms with Crippen molar-refractivity contribution in [3.63, 3.8) is 0 Å². The Morgan fingerprint density at radius 1 is 1.31 bits per heavy atom. The van der Waals surface area contributed by atoms with Crippen LogP contribution >= 0.6 is 11.6 Å². The fraction of sp³-hybridized carbons (Fsp3) is 0.500. The van der Waals surface area contributed by atoms with Crippen LogP contribution < -0.4 is 10.1 Å². The Morgan fingerprint density at radius 2 is 2.12 bits per heavy atom. The number of aliphatic hydroxyl groups excluding tert-OH is 1. The monoisotopic (exact) mass is 375 g/mol. The summed E-state index contributed by atoms with van der Waals surface area (Å²) < 4.78 is 5.37. The number of benzene rings is 1. The zero-order valence-corrected chi connectivity index (χ0v) is 15.9. The van der Waals surface area contributed by atoms with E-state index >= 15 is 0 Å². The standard InChI is InChI=1S/C20H26ClN3O2/c1-26-17-16(23-14-24-19(17)21)18(25)20(11-6-12-22-13-20)10-5-9-15-7-3-2-4-8-15/h2-4,7-8,14,18,22,25H,5-6,9-13H2,1H3. The van der Waals surface area contributed by atoms with Crippen molar-refractivity contribution in [2.75, 3.05) is 20.2 Å². The van der Waals surface area contributed by atoms with E-state index in [-0.39, 0.29) is 10.6 Å². The number of hydrogen-bond acceptors (Lipinski definition) is 5. The van der Waals surface area contributed by atoms with Crippen molar-refractivity contribution in [1.29, 1.82) is 0 Å². The number of methoxy groups -OCH3 is 1. The van der Waals surface area contributed by atoms with Crippen LogP contribution in [-0.4, -0.2) is 35.3 Å². The third-order valence-corrected chi connectivity index (χ3v) is 5.59. The second kappa shape index (κ2) is 8.80. The van der Waals surface area contributed by atoms with Crippen molar-refractivity contribution in [3.05, 3.63) is 53.1 Å². The van der Waals surface area contributed by atoms with Crippen molar-refractivity contribution in [3.8, 4) is 5.75 Å². The van der Waals surface area contributed by atoms with E-state index in [1.54, 1.807) is 0 Å². The van der Waals surface area contributed by atoms with Gasteiger partial charge >= 0.3 is 0 Å². The molecule has 6 heteroatoms. The SMILES string of the molecule is COc1c(Cl)ncnc1C(O)C1(CCCc2ccccc2)CCCNC1. The molecule has 2 N–H and O–H groups in total. The van der Waals surface area contributed by atoms with E-state index in [4.69, 9.17) is 16.3 Å². The van der Waals surface area contributed by atoms with Gasteiger partial charge in [-0.1, -0.05) is 41.9 Å². The maximum absolute atomic E-state index is 11.3. The Bertz CT molecular complexity index is 705. The van der Waals surface area contributed by atoms with Gasteiger partial charge in [0, 0.05) is 12.0 Å². The normalized spacial score (nSPS) is 21.3. The van der Waals surface area contributed by atoms with Crippen LogP contribution in [0.3, 0.4) is 0 Å². The molecule has 2 unspecified atom stereocenters. The molecule has 0 aliphatic carbocycles. The Labute approximate surface area is 159 Å². The molecule has 1 aliphatic rings. The molecule has 3 rings (SSSR count). The molecule has 1 aromatic heterocycles. The van der Waals surface area contributed by atoms with Gasteiger partial charge in [-0.25, -0.2) is 9.97 Å². The summed E-state index contributed by atoms with van der Waals surface area (Å²) in [5, 5.41) is 14.9. The summed E-state index contributed by atoms with van der Waals surface area (Å²) in [4.78, 5) is 8.26. The van der Waals surface area contributed by atoms with E-state index in [1.165, 1.54) is 19.0 Å². The third-order valence-electron chi connectivity index (χ3n) is 5.32. The smallest absolute Gasteiger partial charge is 0.180 e. The van der Waals surface area contributed by atoms with Crippen molar-refractivity contribution in [2.24, 2.45) is 5.41 Å². The van der Waals surface area contributed by atoms with Crippen LogP contribution in [0.1, 0.15) is 43.0 Å². The number of aryl methyl sites for hydroxylation is 1. The summed E-state index contributed by atoms with van der Waals surface area (Å²) in [6.45, 7) is 1.74. The first-order valence-electron chi connectivity index (χ1n) is 9.13. The van der Waals surface area contributed by atoms with Gasteiger partial charge < -0.3 is 15.2 Å². The zero-order chi connectivity index (χ0) is 18.4. The van der Waals surface area contributed by atoms with Gasteiger partial charge in [0.05, 0.1) is 7.11 Å². The van der Waals surface area contributed by atoms with E-state index < -0.39 is 6.10 Å². The van der Waals surface area contributed by atoms with Crippen molar-refractivity contribution >= 4 is 11.6 Å². The van der Waals surface area contributed by atoms with E-state index in [2.05, 4.69) is 39.6 Å². The summed E-state index contributed by atoms with van der Waals surface area (Å²) in [5.41, 5.74) is 1.53. The Kier molecular flexibility index (Phi) is 6.46. The molecule has 2 aromatic rings. The van der Waals surface area contributed by atoms with Gasteiger partial charge in [-0.3, -0.25) is 0 Å². The van der Waals surface area contributed by atoms with Crippen LogP contribution in [0.4, 0.5) is 0 Å². The highest BCUT2D eigenvalue weighted by molar-refractivity contribution is 6.30. The van der Waals surface area contributed by atoms with Crippen LogP contribution in [0.15, 0.2) is 36.7 Å². The number of hydrogen-bond donors (Lipinski definition) is 2. The number of aliphatic hydroxyl groups is 1. The average molecular weight is 376 g/mol. The van der Waals surface area contributed by atoms with E-state index in [9.17, 15) is 5.11 Å². The minimum atomic E-state index is -0.749. The summed E-state index contributed by atoms with van der Waals surface area (Å²) in [5.74, 6) is 0.370. The predicted octanol–water partition coefficient (Wildman–Crippen LogP) is 3.56. The minimum absolute atomic E-state index is 0.236. The van der Waals surface area contributed by atoms with Crippen LogP contribution in [0.2, 0.25) is 5.15 Å². The van der Waals surface area contributed by atoms with Gasteiger partial charge in [-0.15, -0.1) is 0 Å².